The third-order valence-electron chi connectivity index (χ3n) is 6.31. The summed E-state index contributed by atoms with van der Waals surface area (Å²) in [5.41, 5.74) is 6.86. The predicted molar refractivity (Wildman–Crippen MR) is 166 cm³/mol. The number of aryl methyl sites for hydroxylation is 1. The van der Waals surface area contributed by atoms with Crippen LogP contribution in [0.1, 0.15) is 75.8 Å². The molecule has 208 valence electrons. The van der Waals surface area contributed by atoms with E-state index in [2.05, 4.69) is 74.7 Å². The van der Waals surface area contributed by atoms with Crippen molar-refractivity contribution in [1.29, 1.82) is 0 Å². The molecule has 2 N–H and O–H groups in total. The molecule has 0 saturated carbocycles. The Bertz CT molecular complexity index is 1290. The number of methoxy groups -OCH3 is 1. The molecule has 0 saturated heterocycles. The van der Waals surface area contributed by atoms with Crippen LogP contribution in [0, 0.1) is 3.57 Å². The molecule has 3 rings (SSSR count). The first kappa shape index (κ1) is 30.5. The standard InChI is InChI=1S/C32H39IN2O4/c1-31(2,3)24-15-22(16-25(29(24)37)32(4,5)6)13-14-28(36)35-34-19-23-17-26(33)30(27(18-23)38-7)39-20-21-11-9-8-10-12-21/h8-12,15-19,37H,13-14,20H2,1-7H3,(H,35,36)/b34-19-. The fourth-order valence-corrected chi connectivity index (χ4v) is 4.94. The van der Waals surface area contributed by atoms with Crippen LogP contribution in [-0.2, 0) is 28.7 Å². The van der Waals surface area contributed by atoms with Gasteiger partial charge in [-0.25, -0.2) is 5.43 Å². The molecule has 0 radical (unpaired) electrons. The van der Waals surface area contributed by atoms with E-state index in [1.807, 2.05) is 54.6 Å². The Hall–Kier alpha value is -3.07. The minimum atomic E-state index is -0.215. The van der Waals surface area contributed by atoms with E-state index < -0.39 is 0 Å². The molecule has 0 unspecified atom stereocenters. The molecule has 0 spiro atoms. The van der Waals surface area contributed by atoms with Gasteiger partial charge in [-0.1, -0.05) is 84.0 Å². The molecule has 0 aliphatic carbocycles. The summed E-state index contributed by atoms with van der Waals surface area (Å²) >= 11 is 2.21. The lowest BCUT2D eigenvalue weighted by Crippen LogP contribution is -2.20. The molecule has 0 aliphatic heterocycles. The third-order valence-corrected chi connectivity index (χ3v) is 7.11. The topological polar surface area (TPSA) is 80.2 Å². The van der Waals surface area contributed by atoms with Gasteiger partial charge in [-0.15, -0.1) is 0 Å². The van der Waals surface area contributed by atoms with Gasteiger partial charge in [0.05, 0.1) is 16.9 Å². The molecule has 3 aromatic carbocycles. The van der Waals surface area contributed by atoms with Crippen molar-refractivity contribution >= 4 is 34.7 Å². The predicted octanol–water partition coefficient (Wildman–Crippen LogP) is 7.26. The number of halogens is 1. The lowest BCUT2D eigenvalue weighted by molar-refractivity contribution is -0.121. The third kappa shape index (κ3) is 8.46. The van der Waals surface area contributed by atoms with E-state index in [-0.39, 0.29) is 23.2 Å². The second-order valence-electron chi connectivity index (χ2n) is 11.6. The summed E-state index contributed by atoms with van der Waals surface area (Å²) in [7, 11) is 1.60. The van der Waals surface area contributed by atoms with Crippen molar-refractivity contribution in [2.75, 3.05) is 7.11 Å². The Morgan fingerprint density at radius 2 is 1.59 bits per heavy atom. The number of phenols is 1. The van der Waals surface area contributed by atoms with E-state index in [1.165, 1.54) is 0 Å². The van der Waals surface area contributed by atoms with Crippen molar-refractivity contribution in [1.82, 2.24) is 5.43 Å². The number of amides is 1. The van der Waals surface area contributed by atoms with Gasteiger partial charge in [-0.05, 0) is 79.8 Å². The van der Waals surface area contributed by atoms with Crippen LogP contribution in [0.15, 0.2) is 59.7 Å². The first-order chi connectivity index (χ1) is 18.3. The molecule has 6 nitrogen and oxygen atoms in total. The molecule has 0 bridgehead atoms. The van der Waals surface area contributed by atoms with Gasteiger partial charge >= 0.3 is 0 Å². The number of hydrogen-bond acceptors (Lipinski definition) is 5. The van der Waals surface area contributed by atoms with Gasteiger partial charge < -0.3 is 14.6 Å². The number of aromatic hydroxyl groups is 1. The maximum absolute atomic E-state index is 12.6. The molecule has 3 aromatic rings. The van der Waals surface area contributed by atoms with E-state index in [9.17, 15) is 9.90 Å². The molecule has 0 atom stereocenters. The van der Waals surface area contributed by atoms with Crippen molar-refractivity contribution in [3.63, 3.8) is 0 Å². The van der Waals surface area contributed by atoms with Crippen LogP contribution in [0.2, 0.25) is 0 Å². The van der Waals surface area contributed by atoms with Gasteiger partial charge in [0, 0.05) is 6.42 Å². The number of benzene rings is 3. The Kier molecular flexibility index (Phi) is 10.0. The van der Waals surface area contributed by atoms with Crippen LogP contribution < -0.4 is 14.9 Å². The van der Waals surface area contributed by atoms with Crippen LogP contribution in [-0.4, -0.2) is 24.3 Å². The minimum absolute atomic E-state index is 0.182. The second-order valence-corrected chi connectivity index (χ2v) is 12.8. The number of carbonyl (C=O) groups is 1. The van der Waals surface area contributed by atoms with Crippen molar-refractivity contribution in [3.05, 3.63) is 86.0 Å². The van der Waals surface area contributed by atoms with Crippen molar-refractivity contribution in [2.45, 2.75) is 71.8 Å². The van der Waals surface area contributed by atoms with Gasteiger partial charge in [0.1, 0.15) is 12.4 Å². The van der Waals surface area contributed by atoms with Gasteiger partial charge in [0.15, 0.2) is 11.5 Å². The summed E-state index contributed by atoms with van der Waals surface area (Å²) in [6.45, 7) is 12.9. The fourth-order valence-electron chi connectivity index (χ4n) is 4.16. The Morgan fingerprint density at radius 3 is 2.15 bits per heavy atom. The zero-order valence-corrected chi connectivity index (χ0v) is 26.0. The summed E-state index contributed by atoms with van der Waals surface area (Å²) in [6, 6.07) is 17.7. The highest BCUT2D eigenvalue weighted by molar-refractivity contribution is 14.1. The summed E-state index contributed by atoms with van der Waals surface area (Å²) in [6.07, 6.45) is 2.43. The molecule has 0 aromatic heterocycles. The van der Waals surface area contributed by atoms with E-state index in [4.69, 9.17) is 9.47 Å². The largest absolute Gasteiger partial charge is 0.507 e. The number of nitrogens with zero attached hydrogens (tertiary/aromatic N) is 1. The van der Waals surface area contributed by atoms with Crippen molar-refractivity contribution < 1.29 is 19.4 Å². The fraction of sp³-hybridized carbons (Fsp3) is 0.375. The molecule has 0 fully saturated rings. The minimum Gasteiger partial charge on any atom is -0.507 e. The second kappa shape index (κ2) is 12.9. The number of hydrazone groups is 1. The monoisotopic (exact) mass is 642 g/mol. The number of nitrogens with one attached hydrogen (secondary N) is 1. The Balaban J connectivity index is 1.65. The Morgan fingerprint density at radius 1 is 0.974 bits per heavy atom. The first-order valence-corrected chi connectivity index (χ1v) is 14.1. The number of carbonyl (C=O) groups excluding carboxylic acids is 1. The summed E-state index contributed by atoms with van der Waals surface area (Å²) in [5, 5.41) is 15.1. The highest BCUT2D eigenvalue weighted by atomic mass is 127. The SMILES string of the molecule is COc1cc(/C=N\NC(=O)CCc2cc(C(C)(C)C)c(O)c(C(C)(C)C)c2)cc(I)c1OCc1ccccc1. The maximum Gasteiger partial charge on any atom is 0.240 e. The summed E-state index contributed by atoms with van der Waals surface area (Å²) in [5.74, 6) is 1.43. The van der Waals surface area contributed by atoms with Crippen LogP contribution in [0.3, 0.4) is 0 Å². The summed E-state index contributed by atoms with van der Waals surface area (Å²) in [4.78, 5) is 12.6. The lowest BCUT2D eigenvalue weighted by atomic mass is 9.78. The van der Waals surface area contributed by atoms with Gasteiger partial charge in [0.2, 0.25) is 5.91 Å². The molecule has 7 heteroatoms. The zero-order chi connectivity index (χ0) is 28.8. The molecule has 39 heavy (non-hydrogen) atoms. The molecule has 0 heterocycles. The van der Waals surface area contributed by atoms with Crippen molar-refractivity contribution in [3.8, 4) is 17.2 Å². The van der Waals surface area contributed by atoms with Crippen molar-refractivity contribution in [2.24, 2.45) is 5.10 Å². The quantitative estimate of drug-likeness (QED) is 0.146. The smallest absolute Gasteiger partial charge is 0.240 e. The van der Waals surface area contributed by atoms with Gasteiger partial charge in [-0.3, -0.25) is 4.79 Å². The van der Waals surface area contributed by atoms with E-state index in [0.29, 0.717) is 30.3 Å². The molecule has 1 amide bonds. The first-order valence-electron chi connectivity index (χ1n) is 13.0. The normalized spacial score (nSPS) is 12.0. The van der Waals surface area contributed by atoms with E-state index in [1.54, 1.807) is 13.3 Å². The molecular formula is C32H39IN2O4. The highest BCUT2D eigenvalue weighted by Gasteiger charge is 2.26. The molecular weight excluding hydrogens is 603 g/mol. The van der Waals surface area contributed by atoms with Gasteiger partial charge in [0.25, 0.3) is 0 Å². The molecule has 0 aliphatic rings. The van der Waals surface area contributed by atoms with E-state index in [0.717, 1.165) is 31.4 Å². The van der Waals surface area contributed by atoms with Gasteiger partial charge in [-0.2, -0.15) is 5.10 Å². The highest BCUT2D eigenvalue weighted by Crippen LogP contribution is 2.40. The van der Waals surface area contributed by atoms with Crippen LogP contribution >= 0.6 is 22.6 Å². The Labute approximate surface area is 246 Å². The average Bonchev–Trinajstić information content (AvgIpc) is 2.86. The summed E-state index contributed by atoms with van der Waals surface area (Å²) < 4.78 is 12.5. The van der Waals surface area contributed by atoms with E-state index >= 15 is 0 Å². The maximum atomic E-state index is 12.6. The lowest BCUT2D eigenvalue weighted by Gasteiger charge is -2.28. The van der Waals surface area contributed by atoms with Crippen LogP contribution in [0.5, 0.6) is 17.2 Å². The van der Waals surface area contributed by atoms with Crippen LogP contribution in [0.4, 0.5) is 0 Å². The number of rotatable bonds is 9. The average molecular weight is 643 g/mol. The number of ether oxygens (including phenoxy) is 2. The number of phenolic OH excluding ortho intramolecular Hbond substituents is 1. The number of hydrogen-bond donors (Lipinski definition) is 2. The van der Waals surface area contributed by atoms with Crippen LogP contribution in [0.25, 0.3) is 0 Å². The zero-order valence-electron chi connectivity index (χ0n) is 23.9.